The molecular formula is C21H27N5O4. The Morgan fingerprint density at radius 3 is 3.00 bits per heavy atom. The van der Waals surface area contributed by atoms with Crippen LogP contribution in [-0.2, 0) is 9.59 Å². The third kappa shape index (κ3) is 4.21. The van der Waals surface area contributed by atoms with E-state index in [0.717, 1.165) is 37.7 Å². The topological polar surface area (TPSA) is 113 Å². The second-order valence-electron chi connectivity index (χ2n) is 8.45. The van der Waals surface area contributed by atoms with Crippen LogP contribution in [0.1, 0.15) is 57.4 Å². The molecule has 30 heavy (non-hydrogen) atoms. The van der Waals surface area contributed by atoms with E-state index in [2.05, 4.69) is 15.1 Å². The van der Waals surface area contributed by atoms with E-state index in [0.29, 0.717) is 36.2 Å². The molecule has 1 saturated heterocycles. The van der Waals surface area contributed by atoms with Crippen molar-refractivity contribution in [2.45, 2.75) is 51.5 Å². The van der Waals surface area contributed by atoms with Crippen molar-refractivity contribution in [3.63, 3.8) is 0 Å². The van der Waals surface area contributed by atoms with Gasteiger partial charge in [0.15, 0.2) is 0 Å². The fourth-order valence-electron chi connectivity index (χ4n) is 4.28. The molecule has 0 aromatic carbocycles. The molecule has 1 aliphatic carbocycles. The number of carbonyl (C=O) groups excluding carboxylic acids is 2. The highest BCUT2D eigenvalue weighted by Gasteiger charge is 2.55. The van der Waals surface area contributed by atoms with Gasteiger partial charge in [-0.15, -0.1) is 0 Å². The molecule has 2 atom stereocenters. The minimum absolute atomic E-state index is 0.0106. The maximum Gasteiger partial charge on any atom is 0.249 e. The molecule has 1 aliphatic heterocycles. The van der Waals surface area contributed by atoms with Crippen LogP contribution >= 0.6 is 0 Å². The number of rotatable bonds is 9. The number of likely N-dealkylation sites (tertiary alicyclic amines) is 1. The first-order chi connectivity index (χ1) is 14.5. The monoisotopic (exact) mass is 413 g/mol. The van der Waals surface area contributed by atoms with E-state index in [1.54, 1.807) is 12.4 Å². The van der Waals surface area contributed by atoms with Crippen LogP contribution in [0.25, 0.3) is 11.4 Å². The predicted octanol–water partition coefficient (Wildman–Crippen LogP) is 2.84. The number of hydrogen-bond donors (Lipinski definition) is 1. The molecule has 0 radical (unpaired) electrons. The van der Waals surface area contributed by atoms with Crippen molar-refractivity contribution in [3.05, 3.63) is 30.4 Å². The number of amides is 2. The van der Waals surface area contributed by atoms with Gasteiger partial charge in [0.05, 0.1) is 12.5 Å². The maximum atomic E-state index is 13.5. The van der Waals surface area contributed by atoms with Crippen LogP contribution in [0.15, 0.2) is 29.0 Å². The van der Waals surface area contributed by atoms with Crippen LogP contribution in [0, 0.1) is 11.3 Å². The SMILES string of the molecule is CCCCC(CN(O)C=O)C(=O)N1CC2(CC2)C[C@H]1c1nc(-c2cccnc2)no1. The maximum absolute atomic E-state index is 13.5. The van der Waals surface area contributed by atoms with E-state index >= 15 is 0 Å². The molecule has 160 valence electrons. The quantitative estimate of drug-likeness (QED) is 0.382. The Morgan fingerprint density at radius 1 is 1.50 bits per heavy atom. The zero-order chi connectivity index (χ0) is 21.1. The Bertz CT molecular complexity index is 883. The molecule has 2 aromatic rings. The van der Waals surface area contributed by atoms with Gasteiger partial charge in [-0.1, -0.05) is 24.9 Å². The summed E-state index contributed by atoms with van der Waals surface area (Å²) in [6.07, 6.45) is 9.04. The molecule has 1 unspecified atom stereocenters. The molecule has 2 aromatic heterocycles. The lowest BCUT2D eigenvalue weighted by molar-refractivity contribution is -0.157. The summed E-state index contributed by atoms with van der Waals surface area (Å²) in [6, 6.07) is 3.38. The molecule has 0 bridgehead atoms. The second kappa shape index (κ2) is 8.51. The Morgan fingerprint density at radius 2 is 2.33 bits per heavy atom. The van der Waals surface area contributed by atoms with Crippen LogP contribution < -0.4 is 0 Å². The van der Waals surface area contributed by atoms with Gasteiger partial charge in [0, 0.05) is 24.5 Å². The Balaban J connectivity index is 1.57. The van der Waals surface area contributed by atoms with Gasteiger partial charge in [-0.2, -0.15) is 4.98 Å². The van der Waals surface area contributed by atoms with Crippen molar-refractivity contribution >= 4 is 12.3 Å². The molecule has 1 N–H and O–H groups in total. The first kappa shape index (κ1) is 20.5. The van der Waals surface area contributed by atoms with Crippen molar-refractivity contribution in [1.29, 1.82) is 0 Å². The largest absolute Gasteiger partial charge is 0.337 e. The number of aromatic nitrogens is 3. The Kier molecular flexibility index (Phi) is 5.80. The van der Waals surface area contributed by atoms with E-state index in [9.17, 15) is 14.8 Å². The van der Waals surface area contributed by atoms with Gasteiger partial charge < -0.3 is 9.42 Å². The van der Waals surface area contributed by atoms with Gasteiger partial charge in [-0.3, -0.25) is 19.8 Å². The highest BCUT2D eigenvalue weighted by atomic mass is 16.5. The highest BCUT2D eigenvalue weighted by molar-refractivity contribution is 5.80. The molecule has 2 aliphatic rings. The van der Waals surface area contributed by atoms with E-state index < -0.39 is 5.92 Å². The summed E-state index contributed by atoms with van der Waals surface area (Å²) >= 11 is 0. The zero-order valence-electron chi connectivity index (χ0n) is 17.1. The molecule has 1 spiro atoms. The summed E-state index contributed by atoms with van der Waals surface area (Å²) in [4.78, 5) is 34.8. The first-order valence-corrected chi connectivity index (χ1v) is 10.5. The van der Waals surface area contributed by atoms with E-state index in [4.69, 9.17) is 4.52 Å². The average molecular weight is 413 g/mol. The van der Waals surface area contributed by atoms with Crippen molar-refractivity contribution in [2.75, 3.05) is 13.1 Å². The normalized spacial score (nSPS) is 20.3. The van der Waals surface area contributed by atoms with Gasteiger partial charge in [0.2, 0.25) is 24.0 Å². The summed E-state index contributed by atoms with van der Waals surface area (Å²) in [7, 11) is 0. The lowest BCUT2D eigenvalue weighted by Gasteiger charge is -2.28. The van der Waals surface area contributed by atoms with Crippen molar-refractivity contribution < 1.29 is 19.3 Å². The summed E-state index contributed by atoms with van der Waals surface area (Å²) in [5, 5.41) is 14.3. The van der Waals surface area contributed by atoms with Crippen LogP contribution in [0.4, 0.5) is 0 Å². The van der Waals surface area contributed by atoms with Crippen LogP contribution in [-0.4, -0.2) is 55.7 Å². The molecule has 9 heteroatoms. The molecule has 4 rings (SSSR count). The van der Waals surface area contributed by atoms with Gasteiger partial charge >= 0.3 is 0 Å². The predicted molar refractivity (Wildman–Crippen MR) is 106 cm³/mol. The van der Waals surface area contributed by atoms with Gasteiger partial charge in [0.1, 0.15) is 6.04 Å². The molecule has 9 nitrogen and oxygen atoms in total. The number of unbranched alkanes of at least 4 members (excludes halogenated alkanes) is 1. The minimum Gasteiger partial charge on any atom is -0.337 e. The van der Waals surface area contributed by atoms with Crippen molar-refractivity contribution in [2.24, 2.45) is 11.3 Å². The average Bonchev–Trinajstić information content (AvgIpc) is 3.18. The standard InChI is InChI=1S/C21H27N5O4/c1-2-3-5-16(12-25(29)14-27)20(28)26-13-21(7-8-21)10-17(26)19-23-18(24-30-19)15-6-4-9-22-11-15/h4,6,9,11,14,16-17,29H,2-3,5,7-8,10,12-13H2,1H3/t16?,17-/m0/s1. The summed E-state index contributed by atoms with van der Waals surface area (Å²) in [6.45, 7) is 2.69. The second-order valence-corrected chi connectivity index (χ2v) is 8.45. The van der Waals surface area contributed by atoms with Gasteiger partial charge in [-0.25, -0.2) is 5.06 Å². The number of nitrogens with zero attached hydrogens (tertiary/aromatic N) is 5. The van der Waals surface area contributed by atoms with Crippen LogP contribution in [0.2, 0.25) is 0 Å². The van der Waals surface area contributed by atoms with Gasteiger partial charge in [0.25, 0.3) is 0 Å². The lowest BCUT2D eigenvalue weighted by Crippen LogP contribution is -2.41. The zero-order valence-corrected chi connectivity index (χ0v) is 17.1. The van der Waals surface area contributed by atoms with Crippen molar-refractivity contribution in [1.82, 2.24) is 25.1 Å². The van der Waals surface area contributed by atoms with Crippen molar-refractivity contribution in [3.8, 4) is 11.4 Å². The number of pyridine rings is 1. The molecular weight excluding hydrogens is 386 g/mol. The van der Waals surface area contributed by atoms with E-state index in [-0.39, 0.29) is 23.9 Å². The highest BCUT2D eigenvalue weighted by Crippen LogP contribution is 2.58. The van der Waals surface area contributed by atoms with E-state index in [1.807, 2.05) is 24.0 Å². The fourth-order valence-corrected chi connectivity index (χ4v) is 4.28. The lowest BCUT2D eigenvalue weighted by atomic mass is 9.99. The van der Waals surface area contributed by atoms with Crippen LogP contribution in [0.3, 0.4) is 0 Å². The third-order valence-electron chi connectivity index (χ3n) is 6.18. The number of carbonyl (C=O) groups is 2. The summed E-state index contributed by atoms with van der Waals surface area (Å²) < 4.78 is 5.57. The van der Waals surface area contributed by atoms with E-state index in [1.165, 1.54) is 0 Å². The minimum atomic E-state index is -0.461. The van der Waals surface area contributed by atoms with Gasteiger partial charge in [-0.05, 0) is 43.2 Å². The third-order valence-corrected chi connectivity index (χ3v) is 6.18. The van der Waals surface area contributed by atoms with Crippen LogP contribution in [0.5, 0.6) is 0 Å². The summed E-state index contributed by atoms with van der Waals surface area (Å²) in [5.41, 5.74) is 0.884. The molecule has 2 amide bonds. The smallest absolute Gasteiger partial charge is 0.249 e. The summed E-state index contributed by atoms with van der Waals surface area (Å²) in [5.74, 6) is 0.347. The Hall–Kier alpha value is -2.81. The first-order valence-electron chi connectivity index (χ1n) is 10.5. The Labute approximate surface area is 175 Å². The molecule has 1 saturated carbocycles. The molecule has 2 fully saturated rings. The fraction of sp³-hybridized carbons (Fsp3) is 0.571. The number of hydroxylamine groups is 2. The number of hydrogen-bond acceptors (Lipinski definition) is 7. The molecule has 3 heterocycles.